The predicted octanol–water partition coefficient (Wildman–Crippen LogP) is 3.78. The number of hydrogen-bond acceptors (Lipinski definition) is 6. The highest BCUT2D eigenvalue weighted by Crippen LogP contribution is 2.28. The lowest BCUT2D eigenvalue weighted by Crippen LogP contribution is -2.49. The summed E-state index contributed by atoms with van der Waals surface area (Å²) in [5.41, 5.74) is 1.40. The zero-order chi connectivity index (χ0) is 23.7. The maximum atomic E-state index is 13.4. The molecule has 9 heteroatoms. The van der Waals surface area contributed by atoms with Gasteiger partial charge in [0.05, 0.1) is 28.4 Å². The molecule has 4 aromatic rings. The Morgan fingerprint density at radius 2 is 1.85 bits per heavy atom. The molecule has 1 saturated carbocycles. The topological polar surface area (TPSA) is 105 Å². The molecule has 0 atom stereocenters. The highest BCUT2D eigenvalue weighted by molar-refractivity contribution is 7.99. The van der Waals surface area contributed by atoms with Crippen molar-refractivity contribution in [3.05, 3.63) is 64.4 Å². The van der Waals surface area contributed by atoms with E-state index in [1.807, 2.05) is 53.8 Å². The number of carbonyl (C=O) groups excluding carboxylic acids is 1. The molecule has 1 aliphatic carbocycles. The highest BCUT2D eigenvalue weighted by Gasteiger charge is 2.33. The Bertz CT molecular complexity index is 1490. The lowest BCUT2D eigenvalue weighted by atomic mass is 9.83. The number of nitriles is 1. The maximum absolute atomic E-state index is 13.4. The second-order valence-corrected chi connectivity index (χ2v) is 9.60. The Morgan fingerprint density at radius 1 is 1.12 bits per heavy atom. The summed E-state index contributed by atoms with van der Waals surface area (Å²) in [6, 6.07) is 17.3. The molecule has 0 radical (unpaired) electrons. The van der Waals surface area contributed by atoms with Crippen molar-refractivity contribution in [3.8, 4) is 11.8 Å². The summed E-state index contributed by atoms with van der Waals surface area (Å²) in [5.74, 6) is 0.283. The zero-order valence-corrected chi connectivity index (χ0v) is 19.6. The van der Waals surface area contributed by atoms with Gasteiger partial charge in [-0.25, -0.2) is 4.57 Å². The van der Waals surface area contributed by atoms with Crippen molar-refractivity contribution in [2.75, 3.05) is 5.75 Å². The van der Waals surface area contributed by atoms with Gasteiger partial charge in [-0.05, 0) is 43.5 Å². The third-order valence-corrected chi connectivity index (χ3v) is 7.31. The van der Waals surface area contributed by atoms with E-state index >= 15 is 0 Å². The molecule has 1 amide bonds. The fourth-order valence-electron chi connectivity index (χ4n) is 4.66. The van der Waals surface area contributed by atoms with E-state index in [0.717, 1.165) is 30.5 Å². The third kappa shape index (κ3) is 3.84. The van der Waals surface area contributed by atoms with E-state index < -0.39 is 5.54 Å². The van der Waals surface area contributed by atoms with Crippen LogP contribution in [0.1, 0.15) is 37.7 Å². The predicted molar refractivity (Wildman–Crippen MR) is 131 cm³/mol. The number of hydrogen-bond donors (Lipinski definition) is 1. The minimum Gasteiger partial charge on any atom is -0.337 e. The van der Waals surface area contributed by atoms with Gasteiger partial charge in [-0.1, -0.05) is 61.4 Å². The van der Waals surface area contributed by atoms with Gasteiger partial charge in [-0.2, -0.15) is 5.26 Å². The molecule has 0 bridgehead atoms. The zero-order valence-electron chi connectivity index (χ0n) is 18.8. The molecule has 5 rings (SSSR count). The average molecular weight is 473 g/mol. The molecule has 0 aliphatic heterocycles. The first-order chi connectivity index (χ1) is 16.5. The van der Waals surface area contributed by atoms with Gasteiger partial charge in [0.15, 0.2) is 5.16 Å². The van der Waals surface area contributed by atoms with Crippen LogP contribution in [0.4, 0.5) is 0 Å². The minimum atomic E-state index is -0.777. The largest absolute Gasteiger partial charge is 0.337 e. The summed E-state index contributed by atoms with van der Waals surface area (Å²) < 4.78 is 3.39. The Balaban J connectivity index is 1.54. The molecule has 2 aromatic carbocycles. The summed E-state index contributed by atoms with van der Waals surface area (Å²) in [4.78, 5) is 26.2. The SMILES string of the molecule is Cc1ccccc1-n1c(=O)c2ccccc2n2c(SCC(=O)NC3(C#N)CCCCC3)nnc12. The van der Waals surface area contributed by atoms with E-state index in [2.05, 4.69) is 21.6 Å². The van der Waals surface area contributed by atoms with Crippen molar-refractivity contribution < 1.29 is 4.79 Å². The van der Waals surface area contributed by atoms with Crippen molar-refractivity contribution >= 4 is 34.3 Å². The van der Waals surface area contributed by atoms with Gasteiger partial charge in [0.25, 0.3) is 5.56 Å². The van der Waals surface area contributed by atoms with Gasteiger partial charge < -0.3 is 5.32 Å². The van der Waals surface area contributed by atoms with Crippen molar-refractivity contribution in [2.24, 2.45) is 0 Å². The molecule has 8 nitrogen and oxygen atoms in total. The Hall–Kier alpha value is -3.64. The Labute approximate surface area is 200 Å². The van der Waals surface area contributed by atoms with Crippen molar-refractivity contribution in [1.29, 1.82) is 5.26 Å². The first-order valence-electron chi connectivity index (χ1n) is 11.3. The number of nitrogens with one attached hydrogen (secondary N) is 1. The van der Waals surface area contributed by atoms with Crippen LogP contribution >= 0.6 is 11.8 Å². The molecule has 2 aromatic heterocycles. The first-order valence-corrected chi connectivity index (χ1v) is 12.3. The van der Waals surface area contributed by atoms with Crippen LogP contribution in [0.25, 0.3) is 22.4 Å². The van der Waals surface area contributed by atoms with E-state index in [1.54, 1.807) is 10.6 Å². The van der Waals surface area contributed by atoms with Crippen LogP contribution in [-0.2, 0) is 4.79 Å². The molecular weight excluding hydrogens is 448 g/mol. The van der Waals surface area contributed by atoms with E-state index in [-0.39, 0.29) is 17.2 Å². The second kappa shape index (κ2) is 8.95. The van der Waals surface area contributed by atoms with E-state index in [1.165, 1.54) is 11.8 Å². The summed E-state index contributed by atoms with van der Waals surface area (Å²) in [6.45, 7) is 1.94. The fourth-order valence-corrected chi connectivity index (χ4v) is 5.40. The number of benzene rings is 2. The lowest BCUT2D eigenvalue weighted by Gasteiger charge is -2.31. The van der Waals surface area contributed by atoms with Crippen LogP contribution in [0.2, 0.25) is 0 Å². The van der Waals surface area contributed by atoms with Crippen molar-refractivity contribution in [3.63, 3.8) is 0 Å². The third-order valence-electron chi connectivity index (χ3n) is 6.38. The van der Waals surface area contributed by atoms with Crippen LogP contribution in [0, 0.1) is 18.3 Å². The van der Waals surface area contributed by atoms with Crippen molar-refractivity contribution in [1.82, 2.24) is 24.5 Å². The van der Waals surface area contributed by atoms with Gasteiger partial charge in [0, 0.05) is 0 Å². The summed E-state index contributed by atoms with van der Waals surface area (Å²) in [6.07, 6.45) is 4.34. The minimum absolute atomic E-state index is 0.0992. The number of aromatic nitrogens is 4. The Morgan fingerprint density at radius 3 is 2.62 bits per heavy atom. The molecule has 2 heterocycles. The van der Waals surface area contributed by atoms with E-state index in [4.69, 9.17) is 0 Å². The highest BCUT2D eigenvalue weighted by atomic mass is 32.2. The summed E-state index contributed by atoms with van der Waals surface area (Å²) >= 11 is 1.24. The number of aryl methyl sites for hydroxylation is 1. The molecule has 172 valence electrons. The molecule has 1 N–H and O–H groups in total. The summed E-state index contributed by atoms with van der Waals surface area (Å²) in [5, 5.41) is 22.3. The second-order valence-electron chi connectivity index (χ2n) is 8.65. The van der Waals surface area contributed by atoms with Gasteiger partial charge in [-0.3, -0.25) is 14.0 Å². The molecule has 0 spiro atoms. The van der Waals surface area contributed by atoms with Gasteiger partial charge >= 0.3 is 0 Å². The van der Waals surface area contributed by atoms with Crippen LogP contribution in [0.15, 0.2) is 58.5 Å². The molecular formula is C25H24N6O2S. The van der Waals surface area contributed by atoms with Crippen molar-refractivity contribution in [2.45, 2.75) is 49.7 Å². The number of rotatable bonds is 5. The number of carbonyl (C=O) groups is 1. The fraction of sp³-hybridized carbons (Fsp3) is 0.320. The average Bonchev–Trinajstić information content (AvgIpc) is 3.28. The molecule has 1 aliphatic rings. The van der Waals surface area contributed by atoms with Gasteiger partial charge in [0.2, 0.25) is 11.7 Å². The van der Waals surface area contributed by atoms with Gasteiger partial charge in [-0.15, -0.1) is 10.2 Å². The smallest absolute Gasteiger partial charge is 0.267 e. The normalized spacial score (nSPS) is 15.3. The van der Waals surface area contributed by atoms with Crippen LogP contribution < -0.4 is 10.9 Å². The number of nitrogens with zero attached hydrogens (tertiary/aromatic N) is 5. The molecule has 0 unspecified atom stereocenters. The summed E-state index contributed by atoms with van der Waals surface area (Å²) in [7, 11) is 0. The van der Waals surface area contributed by atoms with Crippen LogP contribution in [0.3, 0.4) is 0 Å². The van der Waals surface area contributed by atoms with Gasteiger partial charge in [0.1, 0.15) is 5.54 Å². The quantitative estimate of drug-likeness (QED) is 0.443. The number of para-hydroxylation sites is 2. The molecule has 0 saturated heterocycles. The Kier molecular flexibility index (Phi) is 5.84. The number of amides is 1. The van der Waals surface area contributed by atoms with E-state index in [0.29, 0.717) is 34.7 Å². The first kappa shape index (κ1) is 22.2. The lowest BCUT2D eigenvalue weighted by molar-refractivity contribution is -0.120. The molecule has 1 fully saturated rings. The number of fused-ring (bicyclic) bond motifs is 3. The molecule has 34 heavy (non-hydrogen) atoms. The van der Waals surface area contributed by atoms with Crippen LogP contribution in [-0.4, -0.2) is 36.4 Å². The van der Waals surface area contributed by atoms with Crippen LogP contribution in [0.5, 0.6) is 0 Å². The van der Waals surface area contributed by atoms with E-state index in [9.17, 15) is 14.9 Å². The standard InChI is InChI=1S/C25H24N6O2S/c1-17-9-3-5-11-19(17)30-22(33)18-10-4-6-12-20(18)31-23(30)28-29-24(31)34-15-21(32)27-25(16-26)13-7-2-8-14-25/h3-6,9-12H,2,7-8,13-15H2,1H3,(H,27,32). The number of thioether (sulfide) groups is 1. The maximum Gasteiger partial charge on any atom is 0.267 e. The monoisotopic (exact) mass is 472 g/mol.